The van der Waals surface area contributed by atoms with Crippen LogP contribution in [0.3, 0.4) is 0 Å². The number of hydrogen-bond acceptors (Lipinski definition) is 4. The SMILES string of the molecule is O=C(CSc1nnc2ccccn12)N[C@@H](Cc1ccccc1)c1ccccc1. The lowest BCUT2D eigenvalue weighted by atomic mass is 9.99. The Morgan fingerprint density at radius 1 is 0.929 bits per heavy atom. The van der Waals surface area contributed by atoms with Gasteiger partial charge in [-0.15, -0.1) is 10.2 Å². The molecule has 4 aromatic rings. The molecule has 1 atom stereocenters. The third-order valence-corrected chi connectivity index (χ3v) is 5.38. The van der Waals surface area contributed by atoms with Crippen molar-refractivity contribution in [3.05, 3.63) is 96.2 Å². The molecule has 0 spiro atoms. The van der Waals surface area contributed by atoms with Gasteiger partial charge in [0.2, 0.25) is 5.91 Å². The standard InChI is InChI=1S/C22H20N4OS/c27-21(16-28-22-25-24-20-13-7-8-14-26(20)22)23-19(18-11-5-2-6-12-18)15-17-9-3-1-4-10-17/h1-14,19H,15-16H2,(H,23,27)/t19-/m0/s1. The van der Waals surface area contributed by atoms with Crippen LogP contribution < -0.4 is 5.32 Å². The normalized spacial score (nSPS) is 12.0. The molecule has 140 valence electrons. The van der Waals surface area contributed by atoms with E-state index in [1.807, 2.05) is 77.3 Å². The minimum atomic E-state index is -0.0770. The number of rotatable bonds is 7. The third kappa shape index (κ3) is 4.40. The number of thioether (sulfide) groups is 1. The lowest BCUT2D eigenvalue weighted by Gasteiger charge is -2.19. The highest BCUT2D eigenvalue weighted by molar-refractivity contribution is 7.99. The van der Waals surface area contributed by atoms with Crippen molar-refractivity contribution in [1.82, 2.24) is 19.9 Å². The number of benzene rings is 2. The number of pyridine rings is 1. The van der Waals surface area contributed by atoms with Crippen molar-refractivity contribution in [2.24, 2.45) is 0 Å². The number of carbonyl (C=O) groups excluding carboxylic acids is 1. The van der Waals surface area contributed by atoms with E-state index in [-0.39, 0.29) is 17.7 Å². The third-order valence-electron chi connectivity index (χ3n) is 4.43. The van der Waals surface area contributed by atoms with Crippen LogP contribution in [0.15, 0.2) is 90.2 Å². The van der Waals surface area contributed by atoms with E-state index in [1.54, 1.807) is 0 Å². The van der Waals surface area contributed by atoms with Gasteiger partial charge in [-0.2, -0.15) is 0 Å². The predicted octanol–water partition coefficient (Wildman–Crippen LogP) is 3.92. The molecule has 1 N–H and O–H groups in total. The molecule has 0 radical (unpaired) electrons. The van der Waals surface area contributed by atoms with Gasteiger partial charge in [-0.3, -0.25) is 9.20 Å². The van der Waals surface area contributed by atoms with E-state index in [0.717, 1.165) is 17.6 Å². The van der Waals surface area contributed by atoms with E-state index in [4.69, 9.17) is 0 Å². The Morgan fingerprint density at radius 2 is 1.64 bits per heavy atom. The Bertz CT molecular complexity index is 1050. The highest BCUT2D eigenvalue weighted by atomic mass is 32.2. The maximum Gasteiger partial charge on any atom is 0.230 e. The highest BCUT2D eigenvalue weighted by Gasteiger charge is 2.16. The van der Waals surface area contributed by atoms with E-state index in [2.05, 4.69) is 27.6 Å². The Labute approximate surface area is 167 Å². The van der Waals surface area contributed by atoms with Crippen LogP contribution >= 0.6 is 11.8 Å². The summed E-state index contributed by atoms with van der Waals surface area (Å²) < 4.78 is 1.89. The minimum absolute atomic E-state index is 0.0255. The summed E-state index contributed by atoms with van der Waals surface area (Å²) in [7, 11) is 0. The van der Waals surface area contributed by atoms with Crippen LogP contribution in [0.4, 0.5) is 0 Å². The second-order valence-electron chi connectivity index (χ2n) is 6.42. The fraction of sp³-hybridized carbons (Fsp3) is 0.136. The number of fused-ring (bicyclic) bond motifs is 1. The number of nitrogens with zero attached hydrogens (tertiary/aromatic N) is 3. The molecule has 1 amide bonds. The number of hydrogen-bond donors (Lipinski definition) is 1. The summed E-state index contributed by atoms with van der Waals surface area (Å²) >= 11 is 1.39. The smallest absolute Gasteiger partial charge is 0.230 e. The summed E-state index contributed by atoms with van der Waals surface area (Å²) in [5.41, 5.74) is 3.06. The van der Waals surface area contributed by atoms with Gasteiger partial charge in [0, 0.05) is 6.20 Å². The monoisotopic (exact) mass is 388 g/mol. The molecule has 0 aliphatic heterocycles. The largest absolute Gasteiger partial charge is 0.348 e. The van der Waals surface area contributed by atoms with Crippen LogP contribution in [0, 0.1) is 0 Å². The number of carbonyl (C=O) groups is 1. The molecule has 0 saturated heterocycles. The van der Waals surface area contributed by atoms with Gasteiger partial charge < -0.3 is 5.32 Å². The van der Waals surface area contributed by atoms with Gasteiger partial charge in [0.15, 0.2) is 10.8 Å². The summed E-state index contributed by atoms with van der Waals surface area (Å²) in [6, 6.07) is 25.9. The van der Waals surface area contributed by atoms with Crippen LogP contribution in [-0.4, -0.2) is 26.3 Å². The first kappa shape index (κ1) is 18.3. The van der Waals surface area contributed by atoms with Crippen molar-refractivity contribution in [2.75, 3.05) is 5.75 Å². The van der Waals surface area contributed by atoms with E-state index < -0.39 is 0 Å². The zero-order chi connectivity index (χ0) is 19.2. The molecular formula is C22H20N4OS. The van der Waals surface area contributed by atoms with Crippen molar-refractivity contribution in [2.45, 2.75) is 17.6 Å². The molecule has 0 unspecified atom stereocenters. The van der Waals surface area contributed by atoms with Gasteiger partial charge in [-0.05, 0) is 29.7 Å². The highest BCUT2D eigenvalue weighted by Crippen LogP contribution is 2.20. The first-order chi connectivity index (χ1) is 13.8. The topological polar surface area (TPSA) is 59.3 Å². The van der Waals surface area contributed by atoms with Crippen LogP contribution in [-0.2, 0) is 11.2 Å². The van der Waals surface area contributed by atoms with Crippen LogP contribution in [0.25, 0.3) is 5.65 Å². The predicted molar refractivity (Wildman–Crippen MR) is 111 cm³/mol. The molecule has 0 saturated carbocycles. The average Bonchev–Trinajstić information content (AvgIpc) is 3.16. The summed E-state index contributed by atoms with van der Waals surface area (Å²) in [6.45, 7) is 0. The summed E-state index contributed by atoms with van der Waals surface area (Å²) in [4.78, 5) is 12.7. The molecule has 2 aromatic heterocycles. The van der Waals surface area contributed by atoms with Gasteiger partial charge >= 0.3 is 0 Å². The molecule has 0 fully saturated rings. The van der Waals surface area contributed by atoms with E-state index in [0.29, 0.717) is 5.16 Å². The molecule has 4 rings (SSSR count). The van der Waals surface area contributed by atoms with Gasteiger partial charge in [-0.1, -0.05) is 78.5 Å². The molecular weight excluding hydrogens is 368 g/mol. The zero-order valence-electron chi connectivity index (χ0n) is 15.2. The lowest BCUT2D eigenvalue weighted by molar-refractivity contribution is -0.119. The molecule has 0 aliphatic carbocycles. The number of nitrogens with one attached hydrogen (secondary N) is 1. The summed E-state index contributed by atoms with van der Waals surface area (Å²) in [5.74, 6) is 0.260. The quantitative estimate of drug-likeness (QED) is 0.488. The Balaban J connectivity index is 1.44. The maximum atomic E-state index is 12.7. The maximum absolute atomic E-state index is 12.7. The molecule has 28 heavy (non-hydrogen) atoms. The van der Waals surface area contributed by atoms with Crippen molar-refractivity contribution in [1.29, 1.82) is 0 Å². The van der Waals surface area contributed by atoms with Crippen molar-refractivity contribution >= 4 is 23.3 Å². The molecule has 0 aliphatic rings. The molecule has 2 aromatic carbocycles. The first-order valence-electron chi connectivity index (χ1n) is 9.10. The number of amides is 1. The fourth-order valence-electron chi connectivity index (χ4n) is 3.07. The molecule has 0 bridgehead atoms. The molecule has 5 nitrogen and oxygen atoms in total. The second-order valence-corrected chi connectivity index (χ2v) is 7.36. The Hall–Kier alpha value is -3.12. The van der Waals surface area contributed by atoms with E-state index in [9.17, 15) is 4.79 Å². The van der Waals surface area contributed by atoms with Crippen LogP contribution in [0.1, 0.15) is 17.2 Å². The van der Waals surface area contributed by atoms with Gasteiger partial charge in [0.25, 0.3) is 0 Å². The van der Waals surface area contributed by atoms with Crippen molar-refractivity contribution in [3.63, 3.8) is 0 Å². The van der Waals surface area contributed by atoms with Crippen LogP contribution in [0.2, 0.25) is 0 Å². The fourth-order valence-corrected chi connectivity index (χ4v) is 3.81. The summed E-state index contributed by atoms with van der Waals surface area (Å²) in [5, 5.41) is 12.2. The van der Waals surface area contributed by atoms with Crippen molar-refractivity contribution in [3.8, 4) is 0 Å². The molecule has 2 heterocycles. The second kappa shape index (κ2) is 8.71. The van der Waals surface area contributed by atoms with Gasteiger partial charge in [0.1, 0.15) is 0 Å². The summed E-state index contributed by atoms with van der Waals surface area (Å²) in [6.07, 6.45) is 2.65. The van der Waals surface area contributed by atoms with Gasteiger partial charge in [-0.25, -0.2) is 0 Å². The minimum Gasteiger partial charge on any atom is -0.348 e. The molecule has 6 heteroatoms. The van der Waals surface area contributed by atoms with E-state index >= 15 is 0 Å². The Kier molecular flexibility index (Phi) is 5.68. The van der Waals surface area contributed by atoms with Gasteiger partial charge in [0.05, 0.1) is 11.8 Å². The first-order valence-corrected chi connectivity index (χ1v) is 10.1. The average molecular weight is 388 g/mol. The lowest BCUT2D eigenvalue weighted by Crippen LogP contribution is -2.31. The Morgan fingerprint density at radius 3 is 2.43 bits per heavy atom. The zero-order valence-corrected chi connectivity index (χ0v) is 16.0. The van der Waals surface area contributed by atoms with Crippen molar-refractivity contribution < 1.29 is 4.79 Å². The number of aromatic nitrogens is 3. The van der Waals surface area contributed by atoms with Crippen LogP contribution in [0.5, 0.6) is 0 Å². The van der Waals surface area contributed by atoms with E-state index in [1.165, 1.54) is 17.3 Å².